The molecular weight excluding hydrogens is 256 g/mol. The van der Waals surface area contributed by atoms with Gasteiger partial charge in [0.25, 0.3) is 0 Å². The zero-order chi connectivity index (χ0) is 13.7. The fourth-order valence-corrected chi connectivity index (χ4v) is 2.68. The number of hydrogen-bond donors (Lipinski definition) is 1. The fourth-order valence-electron chi connectivity index (χ4n) is 1.96. The average Bonchev–Trinajstić information content (AvgIpc) is 2.88. The first-order valence-electron chi connectivity index (χ1n) is 6.33. The van der Waals surface area contributed by atoms with Crippen LogP contribution < -0.4 is 5.73 Å². The Morgan fingerprint density at radius 2 is 2.16 bits per heavy atom. The second-order valence-electron chi connectivity index (χ2n) is 4.41. The van der Waals surface area contributed by atoms with E-state index < -0.39 is 0 Å². The molecule has 1 aromatic heterocycles. The Kier molecular flexibility index (Phi) is 4.58. The molecule has 0 aliphatic carbocycles. The number of likely N-dealkylation sites (N-methyl/N-ethyl adjacent to an activating group) is 1. The molecule has 1 heterocycles. The first kappa shape index (κ1) is 13.6. The van der Waals surface area contributed by atoms with Gasteiger partial charge in [0.05, 0.1) is 13.0 Å². The van der Waals surface area contributed by atoms with E-state index in [1.807, 2.05) is 47.5 Å². The number of carbonyl (C=O) groups is 1. The van der Waals surface area contributed by atoms with Crippen LogP contribution in [-0.4, -0.2) is 17.4 Å². The number of thiophene rings is 1. The molecule has 0 atom stereocenters. The average molecular weight is 274 g/mol. The van der Waals surface area contributed by atoms with Crippen molar-refractivity contribution in [3.05, 3.63) is 52.2 Å². The van der Waals surface area contributed by atoms with Crippen LogP contribution in [0.4, 0.5) is 5.69 Å². The van der Waals surface area contributed by atoms with E-state index in [2.05, 4.69) is 6.07 Å². The Hall–Kier alpha value is -1.81. The van der Waals surface area contributed by atoms with Gasteiger partial charge in [-0.3, -0.25) is 4.79 Å². The zero-order valence-corrected chi connectivity index (χ0v) is 11.8. The molecule has 0 bridgehead atoms. The molecule has 100 valence electrons. The molecule has 2 aromatic rings. The Morgan fingerprint density at radius 3 is 2.79 bits per heavy atom. The molecule has 2 N–H and O–H groups in total. The van der Waals surface area contributed by atoms with E-state index in [0.717, 1.165) is 12.1 Å². The molecule has 1 aromatic carbocycles. The van der Waals surface area contributed by atoms with Crippen molar-refractivity contribution >= 4 is 22.9 Å². The molecular formula is C15H18N2OS. The summed E-state index contributed by atoms with van der Waals surface area (Å²) in [5.74, 6) is 0.140. The van der Waals surface area contributed by atoms with Crippen LogP contribution in [0, 0.1) is 0 Å². The molecule has 2 rings (SSSR count). The lowest BCUT2D eigenvalue weighted by atomic mass is 10.1. The van der Waals surface area contributed by atoms with Gasteiger partial charge in [-0.05, 0) is 36.1 Å². The van der Waals surface area contributed by atoms with E-state index in [9.17, 15) is 4.79 Å². The van der Waals surface area contributed by atoms with Gasteiger partial charge in [0.2, 0.25) is 5.91 Å². The normalized spacial score (nSPS) is 10.4. The van der Waals surface area contributed by atoms with Gasteiger partial charge < -0.3 is 10.6 Å². The summed E-state index contributed by atoms with van der Waals surface area (Å²) in [6.45, 7) is 3.42. The first-order chi connectivity index (χ1) is 9.19. The molecule has 3 nitrogen and oxygen atoms in total. The molecule has 0 spiro atoms. The van der Waals surface area contributed by atoms with E-state index in [1.54, 1.807) is 11.3 Å². The number of nitrogens with two attached hydrogens (primary N) is 1. The van der Waals surface area contributed by atoms with Gasteiger partial charge >= 0.3 is 0 Å². The Labute approximate surface area is 117 Å². The van der Waals surface area contributed by atoms with Gasteiger partial charge in [0.15, 0.2) is 0 Å². The Morgan fingerprint density at radius 1 is 1.32 bits per heavy atom. The molecule has 0 saturated heterocycles. The minimum Gasteiger partial charge on any atom is -0.399 e. The van der Waals surface area contributed by atoms with Gasteiger partial charge in [-0.15, -0.1) is 11.3 Å². The van der Waals surface area contributed by atoms with Crippen LogP contribution in [0.25, 0.3) is 0 Å². The number of benzene rings is 1. The highest BCUT2D eigenvalue weighted by atomic mass is 32.1. The molecule has 0 aliphatic rings. The molecule has 0 unspecified atom stereocenters. The van der Waals surface area contributed by atoms with Gasteiger partial charge in [0, 0.05) is 17.1 Å². The lowest BCUT2D eigenvalue weighted by molar-refractivity contribution is -0.130. The van der Waals surface area contributed by atoms with Crippen molar-refractivity contribution in [3.63, 3.8) is 0 Å². The Balaban J connectivity index is 2.00. The third-order valence-electron chi connectivity index (χ3n) is 2.97. The van der Waals surface area contributed by atoms with E-state index in [4.69, 9.17) is 5.73 Å². The van der Waals surface area contributed by atoms with Crippen molar-refractivity contribution in [2.75, 3.05) is 12.3 Å². The highest BCUT2D eigenvalue weighted by molar-refractivity contribution is 7.09. The van der Waals surface area contributed by atoms with Crippen LogP contribution >= 0.6 is 11.3 Å². The molecule has 19 heavy (non-hydrogen) atoms. The molecule has 0 aliphatic heterocycles. The first-order valence-corrected chi connectivity index (χ1v) is 7.21. The van der Waals surface area contributed by atoms with Gasteiger partial charge in [-0.2, -0.15) is 0 Å². The maximum Gasteiger partial charge on any atom is 0.227 e. The molecule has 0 saturated carbocycles. The number of amides is 1. The van der Waals surface area contributed by atoms with Gasteiger partial charge in [-0.1, -0.05) is 18.2 Å². The van der Waals surface area contributed by atoms with E-state index in [0.29, 0.717) is 18.7 Å². The van der Waals surface area contributed by atoms with Crippen LogP contribution in [-0.2, 0) is 17.8 Å². The summed E-state index contributed by atoms with van der Waals surface area (Å²) in [5, 5.41) is 2.03. The fraction of sp³-hybridized carbons (Fsp3) is 0.267. The van der Waals surface area contributed by atoms with E-state index in [1.165, 1.54) is 4.88 Å². The van der Waals surface area contributed by atoms with Crippen molar-refractivity contribution in [1.82, 2.24) is 4.90 Å². The summed E-state index contributed by atoms with van der Waals surface area (Å²) in [5.41, 5.74) is 7.40. The maximum atomic E-state index is 12.3. The molecule has 1 amide bonds. The van der Waals surface area contributed by atoms with Crippen LogP contribution in [0.2, 0.25) is 0 Å². The topological polar surface area (TPSA) is 46.3 Å². The van der Waals surface area contributed by atoms with E-state index in [-0.39, 0.29) is 5.91 Å². The van der Waals surface area contributed by atoms with Crippen LogP contribution in [0.1, 0.15) is 17.4 Å². The predicted octanol–water partition coefficient (Wildman–Crippen LogP) is 2.92. The lowest BCUT2D eigenvalue weighted by Crippen LogP contribution is -2.31. The van der Waals surface area contributed by atoms with Crippen molar-refractivity contribution in [2.45, 2.75) is 19.9 Å². The smallest absolute Gasteiger partial charge is 0.227 e. The number of nitrogen functional groups attached to an aromatic ring is 1. The monoisotopic (exact) mass is 274 g/mol. The highest BCUT2D eigenvalue weighted by Crippen LogP contribution is 2.14. The summed E-state index contributed by atoms with van der Waals surface area (Å²) < 4.78 is 0. The second kappa shape index (κ2) is 6.38. The summed E-state index contributed by atoms with van der Waals surface area (Å²) >= 11 is 1.68. The standard InChI is InChI=1S/C15H18N2OS/c1-2-17(11-14-7-4-8-19-14)15(18)10-12-5-3-6-13(16)9-12/h3-9H,2,10-11,16H2,1H3. The summed E-state index contributed by atoms with van der Waals surface area (Å²) in [4.78, 5) is 15.4. The number of hydrogen-bond acceptors (Lipinski definition) is 3. The number of rotatable bonds is 5. The summed E-state index contributed by atoms with van der Waals surface area (Å²) in [6.07, 6.45) is 0.407. The minimum atomic E-state index is 0.140. The summed E-state index contributed by atoms with van der Waals surface area (Å²) in [6, 6.07) is 11.6. The quantitative estimate of drug-likeness (QED) is 0.852. The van der Waals surface area contributed by atoms with E-state index >= 15 is 0 Å². The summed E-state index contributed by atoms with van der Waals surface area (Å²) in [7, 11) is 0. The van der Waals surface area contributed by atoms with Crippen molar-refractivity contribution in [3.8, 4) is 0 Å². The van der Waals surface area contributed by atoms with Crippen molar-refractivity contribution in [1.29, 1.82) is 0 Å². The molecule has 0 fully saturated rings. The molecule has 4 heteroatoms. The molecule has 0 radical (unpaired) electrons. The number of anilines is 1. The van der Waals surface area contributed by atoms with Crippen LogP contribution in [0.3, 0.4) is 0 Å². The van der Waals surface area contributed by atoms with Crippen molar-refractivity contribution in [2.24, 2.45) is 0 Å². The van der Waals surface area contributed by atoms with Gasteiger partial charge in [0.1, 0.15) is 0 Å². The third kappa shape index (κ3) is 3.83. The largest absolute Gasteiger partial charge is 0.399 e. The second-order valence-corrected chi connectivity index (χ2v) is 5.44. The number of carbonyl (C=O) groups excluding carboxylic acids is 1. The zero-order valence-electron chi connectivity index (χ0n) is 11.0. The minimum absolute atomic E-state index is 0.140. The SMILES string of the molecule is CCN(Cc1cccs1)C(=O)Cc1cccc(N)c1. The third-order valence-corrected chi connectivity index (χ3v) is 3.83. The number of nitrogens with zero attached hydrogens (tertiary/aromatic N) is 1. The van der Waals surface area contributed by atoms with Crippen LogP contribution in [0.15, 0.2) is 41.8 Å². The predicted molar refractivity (Wildman–Crippen MR) is 80.0 cm³/mol. The van der Waals surface area contributed by atoms with Crippen LogP contribution in [0.5, 0.6) is 0 Å². The Bertz CT molecular complexity index is 537. The maximum absolute atomic E-state index is 12.3. The highest BCUT2D eigenvalue weighted by Gasteiger charge is 2.13. The lowest BCUT2D eigenvalue weighted by Gasteiger charge is -2.20. The van der Waals surface area contributed by atoms with Crippen molar-refractivity contribution < 1.29 is 4.79 Å². The van der Waals surface area contributed by atoms with Gasteiger partial charge in [-0.25, -0.2) is 0 Å².